The molecule has 23 heavy (non-hydrogen) atoms. The van der Waals surface area contributed by atoms with E-state index in [1.165, 1.54) is 18.5 Å². The molecule has 0 saturated heterocycles. The highest BCUT2D eigenvalue weighted by molar-refractivity contribution is 6.33. The van der Waals surface area contributed by atoms with Gasteiger partial charge in [-0.25, -0.2) is 4.79 Å². The zero-order chi connectivity index (χ0) is 17.0. The number of carboxylic acids is 2. The molecule has 2 aromatic rings. The Labute approximate surface area is 137 Å². The third-order valence-corrected chi connectivity index (χ3v) is 3.79. The van der Waals surface area contributed by atoms with Crippen molar-refractivity contribution in [3.8, 4) is 11.1 Å². The maximum Gasteiger partial charge on any atom is 0.337 e. The van der Waals surface area contributed by atoms with Crippen molar-refractivity contribution in [1.82, 2.24) is 4.98 Å². The molecule has 0 amide bonds. The van der Waals surface area contributed by atoms with Crippen LogP contribution in [0.3, 0.4) is 0 Å². The normalized spacial score (nSPS) is 11.9. The molecule has 0 aliphatic rings. The van der Waals surface area contributed by atoms with Crippen LogP contribution in [0, 0.1) is 0 Å². The molecule has 1 aromatic carbocycles. The summed E-state index contributed by atoms with van der Waals surface area (Å²) in [5.74, 6) is -2.37. The van der Waals surface area contributed by atoms with Gasteiger partial charge in [-0.05, 0) is 30.3 Å². The Morgan fingerprint density at radius 3 is 2.57 bits per heavy atom. The molecule has 120 valence electrons. The minimum atomic E-state index is -1.09. The van der Waals surface area contributed by atoms with Gasteiger partial charge in [-0.3, -0.25) is 9.78 Å². The smallest absolute Gasteiger partial charge is 0.337 e. The van der Waals surface area contributed by atoms with Crippen molar-refractivity contribution in [2.45, 2.75) is 12.3 Å². The number of rotatable bonds is 6. The summed E-state index contributed by atoms with van der Waals surface area (Å²) in [6.45, 7) is 0.181. The second-order valence-corrected chi connectivity index (χ2v) is 5.44. The molecule has 1 aromatic heterocycles. The zero-order valence-corrected chi connectivity index (χ0v) is 12.8. The summed E-state index contributed by atoms with van der Waals surface area (Å²) in [5, 5.41) is 18.4. The summed E-state index contributed by atoms with van der Waals surface area (Å²) in [7, 11) is 0. The number of benzene rings is 1. The first-order valence-electron chi connectivity index (χ1n) is 6.82. The lowest BCUT2D eigenvalue weighted by Crippen LogP contribution is -2.16. The second kappa shape index (κ2) is 7.21. The number of carboxylic acid groups (broad SMARTS) is 2. The molecule has 4 N–H and O–H groups in total. The van der Waals surface area contributed by atoms with E-state index in [9.17, 15) is 9.59 Å². The van der Waals surface area contributed by atoms with Crippen LogP contribution < -0.4 is 5.73 Å². The Morgan fingerprint density at radius 2 is 1.96 bits per heavy atom. The summed E-state index contributed by atoms with van der Waals surface area (Å²) in [6, 6.07) is 6.56. The molecule has 0 aliphatic heterocycles. The first-order chi connectivity index (χ1) is 10.9. The largest absolute Gasteiger partial charge is 0.481 e. The third kappa shape index (κ3) is 4.06. The van der Waals surface area contributed by atoms with Gasteiger partial charge in [-0.1, -0.05) is 17.7 Å². The van der Waals surface area contributed by atoms with Crippen molar-refractivity contribution in [2.75, 3.05) is 6.54 Å². The van der Waals surface area contributed by atoms with Crippen molar-refractivity contribution in [1.29, 1.82) is 0 Å². The van der Waals surface area contributed by atoms with Gasteiger partial charge in [-0.2, -0.15) is 0 Å². The number of aromatic nitrogens is 1. The molecule has 1 unspecified atom stereocenters. The molecule has 1 heterocycles. The van der Waals surface area contributed by atoms with Gasteiger partial charge in [0, 0.05) is 34.5 Å². The van der Waals surface area contributed by atoms with Crippen molar-refractivity contribution in [3.63, 3.8) is 0 Å². The fourth-order valence-electron chi connectivity index (χ4n) is 2.27. The van der Waals surface area contributed by atoms with Gasteiger partial charge in [-0.15, -0.1) is 0 Å². The Balaban J connectivity index is 2.47. The number of hydrogen-bond acceptors (Lipinski definition) is 4. The van der Waals surface area contributed by atoms with E-state index in [-0.39, 0.29) is 24.4 Å². The molecule has 0 radical (unpaired) electrons. The first-order valence-corrected chi connectivity index (χ1v) is 7.20. The van der Waals surface area contributed by atoms with Crippen LogP contribution in [0.25, 0.3) is 11.1 Å². The Bertz CT molecular complexity index is 749. The fraction of sp³-hybridized carbons (Fsp3) is 0.188. The monoisotopic (exact) mass is 334 g/mol. The van der Waals surface area contributed by atoms with Gasteiger partial charge in [0.2, 0.25) is 0 Å². The Hall–Kier alpha value is -2.44. The molecule has 0 fully saturated rings. The van der Waals surface area contributed by atoms with Crippen molar-refractivity contribution in [2.24, 2.45) is 5.73 Å². The predicted molar refractivity (Wildman–Crippen MR) is 85.7 cm³/mol. The van der Waals surface area contributed by atoms with E-state index >= 15 is 0 Å². The first kappa shape index (κ1) is 16.9. The van der Waals surface area contributed by atoms with E-state index in [2.05, 4.69) is 4.98 Å². The number of nitrogens with two attached hydrogens (primary N) is 1. The fourth-order valence-corrected chi connectivity index (χ4v) is 2.50. The van der Waals surface area contributed by atoms with Gasteiger partial charge in [0.1, 0.15) is 0 Å². The molecule has 0 aliphatic carbocycles. The maximum absolute atomic E-state index is 11.1. The molecule has 2 rings (SSSR count). The van der Waals surface area contributed by atoms with E-state index in [0.717, 1.165) is 5.56 Å². The number of hydrogen-bond donors (Lipinski definition) is 3. The molecule has 7 heteroatoms. The molecule has 6 nitrogen and oxygen atoms in total. The third-order valence-electron chi connectivity index (χ3n) is 3.46. The van der Waals surface area contributed by atoms with Crippen molar-refractivity contribution in [3.05, 3.63) is 52.8 Å². The highest BCUT2D eigenvalue weighted by Crippen LogP contribution is 2.32. The van der Waals surface area contributed by atoms with Gasteiger partial charge >= 0.3 is 11.9 Å². The van der Waals surface area contributed by atoms with Crippen LogP contribution in [0.15, 0.2) is 36.7 Å². The number of pyridine rings is 1. The van der Waals surface area contributed by atoms with Gasteiger partial charge in [0.25, 0.3) is 0 Å². The van der Waals surface area contributed by atoms with Crippen LogP contribution >= 0.6 is 11.6 Å². The average Bonchev–Trinajstić information content (AvgIpc) is 2.53. The molecule has 1 atom stereocenters. The van der Waals surface area contributed by atoms with E-state index in [1.54, 1.807) is 18.2 Å². The SMILES string of the molecule is NCC(CC(=O)O)c1ccc(Cl)c(-c2cncc(C(=O)O)c2)c1. The summed E-state index contributed by atoms with van der Waals surface area (Å²) in [6.07, 6.45) is 2.66. The number of aromatic carboxylic acids is 1. The van der Waals surface area contributed by atoms with E-state index in [0.29, 0.717) is 16.1 Å². The zero-order valence-electron chi connectivity index (χ0n) is 12.1. The number of aliphatic carboxylic acids is 1. The van der Waals surface area contributed by atoms with Gasteiger partial charge in [0.15, 0.2) is 0 Å². The van der Waals surface area contributed by atoms with Crippen LogP contribution in [-0.4, -0.2) is 33.7 Å². The van der Waals surface area contributed by atoms with Crippen LogP contribution in [-0.2, 0) is 4.79 Å². The van der Waals surface area contributed by atoms with Gasteiger partial charge in [0.05, 0.1) is 12.0 Å². The molecular weight excluding hydrogens is 320 g/mol. The molecular formula is C16H15ClN2O4. The summed E-state index contributed by atoms with van der Waals surface area (Å²) >= 11 is 6.19. The standard InChI is InChI=1S/C16H15ClN2O4/c17-14-2-1-9(10(6-18)5-15(20)21)4-13(14)11-3-12(16(22)23)8-19-7-11/h1-4,7-8,10H,5-6,18H2,(H,20,21)(H,22,23). The van der Waals surface area contributed by atoms with Crippen LogP contribution in [0.5, 0.6) is 0 Å². The Morgan fingerprint density at radius 1 is 1.22 bits per heavy atom. The predicted octanol–water partition coefficient (Wildman–Crippen LogP) is 2.62. The highest BCUT2D eigenvalue weighted by atomic mass is 35.5. The van der Waals surface area contributed by atoms with Crippen LogP contribution in [0.4, 0.5) is 0 Å². The summed E-state index contributed by atoms with van der Waals surface area (Å²) in [4.78, 5) is 25.9. The Kier molecular flexibility index (Phi) is 5.31. The van der Waals surface area contributed by atoms with Gasteiger partial charge < -0.3 is 15.9 Å². The topological polar surface area (TPSA) is 114 Å². The second-order valence-electron chi connectivity index (χ2n) is 5.04. The minimum absolute atomic E-state index is 0.0462. The number of nitrogens with zero attached hydrogens (tertiary/aromatic N) is 1. The minimum Gasteiger partial charge on any atom is -0.481 e. The van der Waals surface area contributed by atoms with Crippen LogP contribution in [0.1, 0.15) is 28.3 Å². The summed E-state index contributed by atoms with van der Waals surface area (Å²) in [5.41, 5.74) is 7.57. The lowest BCUT2D eigenvalue weighted by molar-refractivity contribution is -0.137. The lowest BCUT2D eigenvalue weighted by Gasteiger charge is -2.15. The van der Waals surface area contributed by atoms with E-state index < -0.39 is 11.9 Å². The quantitative estimate of drug-likeness (QED) is 0.748. The average molecular weight is 335 g/mol. The molecule has 0 bridgehead atoms. The molecule has 0 saturated carbocycles. The number of carbonyl (C=O) groups is 2. The van der Waals surface area contributed by atoms with Crippen molar-refractivity contribution >= 4 is 23.5 Å². The van der Waals surface area contributed by atoms with E-state index in [4.69, 9.17) is 27.5 Å². The highest BCUT2D eigenvalue weighted by Gasteiger charge is 2.16. The van der Waals surface area contributed by atoms with Crippen LogP contribution in [0.2, 0.25) is 5.02 Å². The molecule has 0 spiro atoms. The maximum atomic E-state index is 11.1. The lowest BCUT2D eigenvalue weighted by atomic mass is 9.93. The van der Waals surface area contributed by atoms with Crippen molar-refractivity contribution < 1.29 is 19.8 Å². The van der Waals surface area contributed by atoms with E-state index in [1.807, 2.05) is 0 Å². The number of halogens is 1. The summed E-state index contributed by atoms with van der Waals surface area (Å²) < 4.78 is 0.